The Labute approximate surface area is 168 Å². The largest absolute Gasteiger partial charge is 0.504 e. The number of rotatable bonds is 10. The number of benzene rings is 2. The number of phenols is 2. The van der Waals surface area contributed by atoms with Gasteiger partial charge in [-0.2, -0.15) is 0 Å². The van der Waals surface area contributed by atoms with Gasteiger partial charge in [-0.15, -0.1) is 0 Å². The summed E-state index contributed by atoms with van der Waals surface area (Å²) < 4.78 is 15.1. The van der Waals surface area contributed by atoms with Crippen LogP contribution in [-0.4, -0.2) is 70.3 Å². The molecule has 0 radical (unpaired) electrons. The fraction of sp³-hybridized carbons (Fsp3) is 0.400. The van der Waals surface area contributed by atoms with E-state index >= 15 is 0 Å². The molecule has 0 aromatic heterocycles. The number of hydrogen-bond donors (Lipinski definition) is 6. The van der Waals surface area contributed by atoms with Gasteiger partial charge in [-0.25, -0.2) is 0 Å². The molecule has 9 nitrogen and oxygen atoms in total. The molecule has 29 heavy (non-hydrogen) atoms. The molecular formula is C20H26O9. The number of ether oxygens (including phenoxy) is 3. The number of hydrogen-bond acceptors (Lipinski definition) is 9. The Hall–Kier alpha value is -2.56. The summed E-state index contributed by atoms with van der Waals surface area (Å²) in [6.45, 7) is -0.766. The predicted molar refractivity (Wildman–Crippen MR) is 102 cm³/mol. The average molecular weight is 410 g/mol. The van der Waals surface area contributed by atoms with Crippen molar-refractivity contribution >= 4 is 0 Å². The lowest BCUT2D eigenvalue weighted by Crippen LogP contribution is -2.29. The summed E-state index contributed by atoms with van der Waals surface area (Å²) in [5.74, 6) is -0.311. The molecule has 0 heterocycles. The monoisotopic (exact) mass is 410 g/mol. The second-order valence-corrected chi connectivity index (χ2v) is 6.36. The van der Waals surface area contributed by atoms with Gasteiger partial charge >= 0.3 is 0 Å². The highest BCUT2D eigenvalue weighted by Crippen LogP contribution is 2.36. The van der Waals surface area contributed by atoms with Crippen molar-refractivity contribution in [1.29, 1.82) is 0 Å². The van der Waals surface area contributed by atoms with E-state index in [1.165, 1.54) is 38.5 Å². The van der Waals surface area contributed by atoms with Gasteiger partial charge in [-0.1, -0.05) is 24.3 Å². The summed E-state index contributed by atoms with van der Waals surface area (Å²) in [4.78, 5) is 0. The number of para-hydroxylation sites is 2. The van der Waals surface area contributed by atoms with E-state index in [0.29, 0.717) is 0 Å². The van der Waals surface area contributed by atoms with Gasteiger partial charge in [0.15, 0.2) is 23.0 Å². The maximum Gasteiger partial charge on any atom is 0.163 e. The van der Waals surface area contributed by atoms with E-state index in [2.05, 4.69) is 0 Å². The summed E-state index contributed by atoms with van der Waals surface area (Å²) >= 11 is 0. The lowest BCUT2D eigenvalue weighted by Gasteiger charge is -2.22. The van der Waals surface area contributed by atoms with Crippen LogP contribution in [0.2, 0.25) is 0 Å². The van der Waals surface area contributed by atoms with Crippen LogP contribution in [0.25, 0.3) is 0 Å². The minimum atomic E-state index is -1.46. The smallest absolute Gasteiger partial charge is 0.163 e. The molecule has 160 valence electrons. The van der Waals surface area contributed by atoms with Crippen LogP contribution in [-0.2, 0) is 4.74 Å². The highest BCUT2D eigenvalue weighted by atomic mass is 16.5. The van der Waals surface area contributed by atoms with Gasteiger partial charge in [-0.05, 0) is 12.1 Å². The fourth-order valence-corrected chi connectivity index (χ4v) is 2.79. The minimum Gasteiger partial charge on any atom is -0.504 e. The first kappa shape index (κ1) is 22.7. The first-order valence-electron chi connectivity index (χ1n) is 8.83. The molecule has 0 bridgehead atoms. The molecule has 0 saturated carbocycles. The summed E-state index contributed by atoms with van der Waals surface area (Å²) in [7, 11) is 2.72. The standard InChI is InChI=1S/C20H26O9/c1-27-15-7-3-5-11(19(15)25)17(23)13(21)9-29-10-14(22)18(24)12-6-4-8-16(28-2)20(12)26/h3-8,13-14,17-18,21-26H,9-10H2,1-2H3. The van der Waals surface area contributed by atoms with Gasteiger partial charge in [0.25, 0.3) is 0 Å². The van der Waals surface area contributed by atoms with Crippen LogP contribution in [0.4, 0.5) is 0 Å². The van der Waals surface area contributed by atoms with Crippen molar-refractivity contribution in [2.45, 2.75) is 24.4 Å². The molecule has 0 fully saturated rings. The topological polar surface area (TPSA) is 149 Å². The number of aliphatic hydroxyl groups is 4. The second-order valence-electron chi connectivity index (χ2n) is 6.36. The van der Waals surface area contributed by atoms with Crippen molar-refractivity contribution in [3.8, 4) is 23.0 Å². The zero-order valence-electron chi connectivity index (χ0n) is 16.1. The van der Waals surface area contributed by atoms with Crippen molar-refractivity contribution in [3.63, 3.8) is 0 Å². The van der Waals surface area contributed by atoms with Crippen LogP contribution in [0.5, 0.6) is 23.0 Å². The zero-order valence-corrected chi connectivity index (χ0v) is 16.1. The Morgan fingerprint density at radius 2 is 1.07 bits per heavy atom. The van der Waals surface area contributed by atoms with Crippen LogP contribution in [0.1, 0.15) is 23.3 Å². The minimum absolute atomic E-state index is 0.0577. The summed E-state index contributed by atoms with van der Waals surface area (Å²) in [5.41, 5.74) is 0.115. The molecule has 2 aromatic rings. The molecule has 2 rings (SSSR count). The maximum absolute atomic E-state index is 10.2. The van der Waals surface area contributed by atoms with E-state index in [-0.39, 0.29) is 47.3 Å². The SMILES string of the molecule is COc1cccc(C(O)C(O)COCC(O)C(O)c2cccc(OC)c2O)c1O. The van der Waals surface area contributed by atoms with Crippen LogP contribution in [0.15, 0.2) is 36.4 Å². The predicted octanol–water partition coefficient (Wildman–Crippen LogP) is 0.620. The zero-order chi connectivity index (χ0) is 21.6. The number of methoxy groups -OCH3 is 2. The van der Waals surface area contributed by atoms with E-state index in [1.807, 2.05) is 0 Å². The third-order valence-electron chi connectivity index (χ3n) is 4.44. The molecule has 9 heteroatoms. The molecule has 0 saturated heterocycles. The van der Waals surface area contributed by atoms with E-state index in [1.54, 1.807) is 12.1 Å². The normalized spacial score (nSPS) is 15.4. The van der Waals surface area contributed by atoms with E-state index in [4.69, 9.17) is 14.2 Å². The first-order chi connectivity index (χ1) is 13.8. The third kappa shape index (κ3) is 5.28. The third-order valence-corrected chi connectivity index (χ3v) is 4.44. The lowest BCUT2D eigenvalue weighted by atomic mass is 10.0. The highest BCUT2D eigenvalue weighted by molar-refractivity contribution is 5.47. The van der Waals surface area contributed by atoms with Gasteiger partial charge in [0.2, 0.25) is 0 Å². The average Bonchev–Trinajstić information content (AvgIpc) is 2.72. The Balaban J connectivity index is 1.93. The molecule has 4 unspecified atom stereocenters. The first-order valence-corrected chi connectivity index (χ1v) is 8.83. The number of aliphatic hydroxyl groups excluding tert-OH is 4. The lowest BCUT2D eigenvalue weighted by molar-refractivity contribution is -0.0794. The van der Waals surface area contributed by atoms with Crippen LogP contribution in [0, 0.1) is 0 Å². The fourth-order valence-electron chi connectivity index (χ4n) is 2.79. The molecule has 0 aliphatic heterocycles. The second kappa shape index (κ2) is 10.3. The molecule has 0 amide bonds. The Morgan fingerprint density at radius 3 is 1.41 bits per heavy atom. The van der Waals surface area contributed by atoms with Crippen LogP contribution >= 0.6 is 0 Å². The molecule has 6 N–H and O–H groups in total. The van der Waals surface area contributed by atoms with Crippen molar-refractivity contribution in [2.75, 3.05) is 27.4 Å². The van der Waals surface area contributed by atoms with Crippen molar-refractivity contribution in [3.05, 3.63) is 47.5 Å². The number of aromatic hydroxyl groups is 2. The molecular weight excluding hydrogens is 384 g/mol. The highest BCUT2D eigenvalue weighted by Gasteiger charge is 2.26. The van der Waals surface area contributed by atoms with Crippen molar-refractivity contribution in [2.24, 2.45) is 0 Å². The molecule has 4 atom stereocenters. The number of phenolic OH excluding ortho intramolecular Hbond substituents is 2. The summed E-state index contributed by atoms with van der Waals surface area (Å²) in [5, 5.41) is 60.8. The quantitative estimate of drug-likeness (QED) is 0.331. The maximum atomic E-state index is 10.2. The van der Waals surface area contributed by atoms with E-state index in [0.717, 1.165) is 0 Å². The molecule has 2 aromatic carbocycles. The van der Waals surface area contributed by atoms with Crippen LogP contribution < -0.4 is 9.47 Å². The van der Waals surface area contributed by atoms with Gasteiger partial charge in [-0.3, -0.25) is 0 Å². The van der Waals surface area contributed by atoms with E-state index < -0.39 is 24.4 Å². The van der Waals surface area contributed by atoms with Crippen LogP contribution in [0.3, 0.4) is 0 Å². The van der Waals surface area contributed by atoms with Crippen molar-refractivity contribution in [1.82, 2.24) is 0 Å². The van der Waals surface area contributed by atoms with Gasteiger partial charge in [0.05, 0.1) is 27.4 Å². The van der Waals surface area contributed by atoms with Gasteiger partial charge in [0, 0.05) is 11.1 Å². The summed E-state index contributed by atoms with van der Waals surface area (Å²) in [6, 6.07) is 8.95. The molecule has 0 aliphatic rings. The molecule has 0 aliphatic carbocycles. The Morgan fingerprint density at radius 1 is 0.690 bits per heavy atom. The molecule has 0 spiro atoms. The Bertz CT molecular complexity index is 730. The Kier molecular flexibility index (Phi) is 8.06. The summed E-state index contributed by atoms with van der Waals surface area (Å²) in [6.07, 6.45) is -5.76. The van der Waals surface area contributed by atoms with Crippen molar-refractivity contribution < 1.29 is 44.8 Å². The van der Waals surface area contributed by atoms with E-state index in [9.17, 15) is 30.6 Å². The van der Waals surface area contributed by atoms with Gasteiger partial charge in [0.1, 0.15) is 24.4 Å². The van der Waals surface area contributed by atoms with Gasteiger partial charge < -0.3 is 44.8 Å².